The molecule has 0 radical (unpaired) electrons. The van der Waals surface area contributed by atoms with E-state index in [0.717, 1.165) is 6.42 Å². The SMILES string of the molecule is CCN(c1ccccc1)S(=O)(=O)c1ccc(OC)c(NC(=S)NCCCOC)c1. The Kier molecular flexibility index (Phi) is 8.69. The van der Waals surface area contributed by atoms with Gasteiger partial charge < -0.3 is 20.1 Å². The molecule has 0 atom stereocenters. The molecule has 0 fully saturated rings. The number of nitrogens with one attached hydrogen (secondary N) is 2. The predicted octanol–water partition coefficient (Wildman–Crippen LogP) is 3.23. The number of methoxy groups -OCH3 is 2. The number of para-hydroxylation sites is 1. The summed E-state index contributed by atoms with van der Waals surface area (Å²) in [6.45, 7) is 3.36. The highest BCUT2D eigenvalue weighted by Gasteiger charge is 2.24. The summed E-state index contributed by atoms with van der Waals surface area (Å²) in [7, 11) is -0.593. The number of hydrogen-bond acceptors (Lipinski definition) is 5. The molecule has 7 nitrogen and oxygen atoms in total. The third kappa shape index (κ3) is 6.06. The van der Waals surface area contributed by atoms with Crippen LogP contribution in [-0.4, -0.2) is 47.4 Å². The number of hydrogen-bond donors (Lipinski definition) is 2. The first kappa shape index (κ1) is 22.9. The van der Waals surface area contributed by atoms with Gasteiger partial charge in [-0.15, -0.1) is 0 Å². The van der Waals surface area contributed by atoms with E-state index in [1.54, 1.807) is 32.2 Å². The van der Waals surface area contributed by atoms with Crippen molar-refractivity contribution < 1.29 is 17.9 Å². The molecule has 29 heavy (non-hydrogen) atoms. The Morgan fingerprint density at radius 2 is 1.86 bits per heavy atom. The molecular formula is C20H27N3O4S2. The second kappa shape index (κ2) is 11.0. The van der Waals surface area contributed by atoms with Crippen LogP contribution in [0, 0.1) is 0 Å². The van der Waals surface area contributed by atoms with Crippen molar-refractivity contribution >= 4 is 38.7 Å². The highest BCUT2D eigenvalue weighted by atomic mass is 32.2. The normalized spacial score (nSPS) is 11.0. The van der Waals surface area contributed by atoms with E-state index in [4.69, 9.17) is 21.7 Å². The highest BCUT2D eigenvalue weighted by molar-refractivity contribution is 7.92. The van der Waals surface area contributed by atoms with Crippen LogP contribution in [0.15, 0.2) is 53.4 Å². The first-order chi connectivity index (χ1) is 13.9. The quantitative estimate of drug-likeness (QED) is 0.436. The fraction of sp³-hybridized carbons (Fsp3) is 0.350. The number of rotatable bonds is 10. The summed E-state index contributed by atoms with van der Waals surface area (Å²) in [4.78, 5) is 0.147. The van der Waals surface area contributed by atoms with Gasteiger partial charge in [0.2, 0.25) is 0 Å². The minimum Gasteiger partial charge on any atom is -0.495 e. The molecule has 0 amide bonds. The minimum atomic E-state index is -3.75. The fourth-order valence-corrected chi connectivity index (χ4v) is 4.46. The van der Waals surface area contributed by atoms with Crippen LogP contribution in [-0.2, 0) is 14.8 Å². The van der Waals surface area contributed by atoms with Gasteiger partial charge in [-0.05, 0) is 55.9 Å². The Labute approximate surface area is 178 Å². The van der Waals surface area contributed by atoms with Crippen molar-refractivity contribution in [3.8, 4) is 5.75 Å². The number of sulfonamides is 1. The molecular weight excluding hydrogens is 410 g/mol. The lowest BCUT2D eigenvalue weighted by Crippen LogP contribution is -2.31. The minimum absolute atomic E-state index is 0.147. The van der Waals surface area contributed by atoms with Crippen LogP contribution < -0.4 is 19.7 Å². The number of thiocarbonyl (C=S) groups is 1. The van der Waals surface area contributed by atoms with E-state index in [2.05, 4.69) is 10.6 Å². The Balaban J connectivity index is 2.27. The van der Waals surface area contributed by atoms with Crippen LogP contribution in [0.2, 0.25) is 0 Å². The largest absolute Gasteiger partial charge is 0.495 e. The summed E-state index contributed by atoms with van der Waals surface area (Å²) in [6, 6.07) is 13.7. The summed E-state index contributed by atoms with van der Waals surface area (Å²) < 4.78 is 38.2. The van der Waals surface area contributed by atoms with E-state index in [9.17, 15) is 8.42 Å². The number of anilines is 2. The van der Waals surface area contributed by atoms with Crippen LogP contribution in [0.25, 0.3) is 0 Å². The molecule has 0 saturated heterocycles. The third-order valence-electron chi connectivity index (χ3n) is 4.15. The Morgan fingerprint density at radius 3 is 2.48 bits per heavy atom. The molecule has 2 aromatic carbocycles. The summed E-state index contributed by atoms with van der Waals surface area (Å²) >= 11 is 5.30. The van der Waals surface area contributed by atoms with Gasteiger partial charge in [-0.2, -0.15) is 0 Å². The zero-order valence-corrected chi connectivity index (χ0v) is 18.5. The molecule has 0 unspecified atom stereocenters. The number of benzene rings is 2. The van der Waals surface area contributed by atoms with E-state index in [1.807, 2.05) is 18.2 Å². The van der Waals surface area contributed by atoms with Gasteiger partial charge in [0.1, 0.15) is 5.75 Å². The summed E-state index contributed by atoms with van der Waals surface area (Å²) in [5, 5.41) is 6.46. The monoisotopic (exact) mass is 437 g/mol. The van der Waals surface area contributed by atoms with Crippen LogP contribution >= 0.6 is 12.2 Å². The first-order valence-electron chi connectivity index (χ1n) is 9.23. The summed E-state index contributed by atoms with van der Waals surface area (Å²) in [6.07, 6.45) is 0.798. The van der Waals surface area contributed by atoms with Crippen molar-refractivity contribution in [2.45, 2.75) is 18.2 Å². The average Bonchev–Trinajstić information content (AvgIpc) is 2.72. The lowest BCUT2D eigenvalue weighted by atomic mass is 10.3. The Hall–Kier alpha value is -2.36. The molecule has 158 valence electrons. The van der Waals surface area contributed by atoms with Crippen LogP contribution in [0.3, 0.4) is 0 Å². The van der Waals surface area contributed by atoms with Crippen LogP contribution in [0.1, 0.15) is 13.3 Å². The van der Waals surface area contributed by atoms with Crippen molar-refractivity contribution in [2.24, 2.45) is 0 Å². The standard InChI is InChI=1S/C20H27N3O4S2/c1-4-23(16-9-6-5-7-10-16)29(24,25)17-11-12-19(27-3)18(15-17)22-20(28)21-13-8-14-26-2/h5-7,9-12,15H,4,8,13-14H2,1-3H3,(H2,21,22,28). The van der Waals surface area contributed by atoms with Crippen LogP contribution in [0.4, 0.5) is 11.4 Å². The molecule has 0 heterocycles. The van der Waals surface area contributed by atoms with Crippen LogP contribution in [0.5, 0.6) is 5.75 Å². The van der Waals surface area contributed by atoms with Gasteiger partial charge in [-0.25, -0.2) is 8.42 Å². The van der Waals surface area contributed by atoms with Crippen molar-refractivity contribution in [1.82, 2.24) is 5.32 Å². The van der Waals surface area contributed by atoms with E-state index in [-0.39, 0.29) is 4.90 Å². The predicted molar refractivity (Wildman–Crippen MR) is 120 cm³/mol. The van der Waals surface area contributed by atoms with Gasteiger partial charge in [0.25, 0.3) is 10.0 Å². The first-order valence-corrected chi connectivity index (χ1v) is 11.1. The molecule has 0 bridgehead atoms. The molecule has 0 spiro atoms. The topological polar surface area (TPSA) is 79.9 Å². The summed E-state index contributed by atoms with van der Waals surface area (Å²) in [5.74, 6) is 0.493. The van der Waals surface area contributed by atoms with E-state index in [1.165, 1.54) is 23.5 Å². The number of nitrogens with zero attached hydrogens (tertiary/aromatic N) is 1. The second-order valence-electron chi connectivity index (χ2n) is 6.09. The summed E-state index contributed by atoms with van der Waals surface area (Å²) in [5.41, 5.74) is 1.08. The van der Waals surface area contributed by atoms with Gasteiger partial charge >= 0.3 is 0 Å². The zero-order valence-electron chi connectivity index (χ0n) is 16.8. The van der Waals surface area contributed by atoms with Crippen molar-refractivity contribution in [2.75, 3.05) is 43.5 Å². The molecule has 0 aromatic heterocycles. The molecule has 0 aliphatic heterocycles. The molecule has 0 aliphatic rings. The molecule has 9 heteroatoms. The Morgan fingerprint density at radius 1 is 1.14 bits per heavy atom. The maximum absolute atomic E-state index is 13.2. The smallest absolute Gasteiger partial charge is 0.264 e. The lowest BCUT2D eigenvalue weighted by molar-refractivity contribution is 0.196. The third-order valence-corrected chi connectivity index (χ3v) is 6.29. The second-order valence-corrected chi connectivity index (χ2v) is 8.37. The van der Waals surface area contributed by atoms with E-state index in [0.29, 0.717) is 41.9 Å². The van der Waals surface area contributed by atoms with E-state index >= 15 is 0 Å². The van der Waals surface area contributed by atoms with Crippen molar-refractivity contribution in [3.63, 3.8) is 0 Å². The lowest BCUT2D eigenvalue weighted by Gasteiger charge is -2.23. The van der Waals surface area contributed by atoms with E-state index < -0.39 is 10.0 Å². The fourth-order valence-electron chi connectivity index (χ4n) is 2.74. The highest BCUT2D eigenvalue weighted by Crippen LogP contribution is 2.30. The van der Waals surface area contributed by atoms with Gasteiger partial charge in [-0.1, -0.05) is 18.2 Å². The molecule has 2 N–H and O–H groups in total. The molecule has 2 aromatic rings. The van der Waals surface area contributed by atoms with Gasteiger partial charge in [0, 0.05) is 26.8 Å². The number of ether oxygens (including phenoxy) is 2. The molecule has 2 rings (SSSR count). The maximum Gasteiger partial charge on any atom is 0.264 e. The Bertz CT molecular complexity index is 905. The van der Waals surface area contributed by atoms with Crippen molar-refractivity contribution in [3.05, 3.63) is 48.5 Å². The van der Waals surface area contributed by atoms with Gasteiger partial charge in [-0.3, -0.25) is 4.31 Å². The molecule has 0 aliphatic carbocycles. The van der Waals surface area contributed by atoms with Crippen molar-refractivity contribution in [1.29, 1.82) is 0 Å². The zero-order chi connectivity index (χ0) is 21.3. The maximum atomic E-state index is 13.2. The van der Waals surface area contributed by atoms with Gasteiger partial charge in [0.05, 0.1) is 23.4 Å². The van der Waals surface area contributed by atoms with Gasteiger partial charge in [0.15, 0.2) is 5.11 Å². The molecule has 0 saturated carbocycles. The average molecular weight is 438 g/mol.